The van der Waals surface area contributed by atoms with Crippen LogP contribution in [0.25, 0.3) is 0 Å². The zero-order chi connectivity index (χ0) is 60.1. The van der Waals surface area contributed by atoms with E-state index in [1.807, 2.05) is 0 Å². The average molecular weight is 1080 g/mol. The molecule has 0 heterocycles. The molecular weight excluding hydrogens is 905 g/mol. The molecule has 0 atom stereocenters. The van der Waals surface area contributed by atoms with Crippen molar-refractivity contribution >= 4 is 0 Å². The van der Waals surface area contributed by atoms with Gasteiger partial charge >= 0.3 is 0 Å². The van der Waals surface area contributed by atoms with Gasteiger partial charge in [0.2, 0.25) is 0 Å². The van der Waals surface area contributed by atoms with Crippen molar-refractivity contribution in [2.75, 3.05) is 6.61 Å². The van der Waals surface area contributed by atoms with Crippen LogP contribution in [0.3, 0.4) is 0 Å². The first-order chi connectivity index (χ1) is 36.5. The van der Waals surface area contributed by atoms with Crippen molar-refractivity contribution in [3.05, 3.63) is 0 Å². The third kappa shape index (κ3) is 252. The van der Waals surface area contributed by atoms with Gasteiger partial charge in [0.05, 0.1) is 0 Å². The molecule has 0 aliphatic carbocycles. The Balaban J connectivity index is -0.0000000579. The van der Waals surface area contributed by atoms with E-state index >= 15 is 0 Å². The maximum absolute atomic E-state index is 8.42. The van der Waals surface area contributed by atoms with E-state index < -0.39 is 0 Å². The number of unbranched alkanes of at least 4 members (excludes halogenated alkanes) is 38. The van der Waals surface area contributed by atoms with Crippen LogP contribution in [0.1, 0.15) is 480 Å². The minimum absolute atomic E-state index is 0.367. The van der Waals surface area contributed by atoms with Gasteiger partial charge in [-0.25, -0.2) is 0 Å². The van der Waals surface area contributed by atoms with E-state index in [1.165, 1.54) is 315 Å². The Kier molecular flexibility index (Phi) is 209. The summed E-state index contributed by atoms with van der Waals surface area (Å²) in [5.74, 6) is 0. The first-order valence-corrected chi connectivity index (χ1v) is 36.1. The minimum atomic E-state index is 0.367. The monoisotopic (exact) mass is 1080 g/mol. The van der Waals surface area contributed by atoms with Crippen LogP contribution in [0, 0.1) is 0 Å². The van der Waals surface area contributed by atoms with Crippen molar-refractivity contribution in [1.29, 1.82) is 0 Å². The molecule has 0 saturated carbocycles. The molecule has 0 unspecified atom stereocenters. The highest BCUT2D eigenvalue weighted by Crippen LogP contribution is 2.04. The molecule has 1 nitrogen and oxygen atoms in total. The Morgan fingerprint density at radius 3 is 0.253 bits per heavy atom. The number of aliphatic hydroxyl groups excluding tert-OH is 1. The van der Waals surface area contributed by atoms with E-state index in [4.69, 9.17) is 5.11 Å². The van der Waals surface area contributed by atoms with Gasteiger partial charge in [-0.2, -0.15) is 0 Å². The lowest BCUT2D eigenvalue weighted by atomic mass is 10.1. The summed E-state index contributed by atoms with van der Waals surface area (Å²) >= 11 is 0. The molecule has 0 fully saturated rings. The third-order valence-corrected chi connectivity index (χ3v) is 12.0. The van der Waals surface area contributed by atoms with Gasteiger partial charge in [0.25, 0.3) is 0 Å². The molecule has 1 N–H and O–H groups in total. The summed E-state index contributed by atoms with van der Waals surface area (Å²) in [6.45, 7) is 51.7. The van der Waals surface area contributed by atoms with Crippen LogP contribution in [0.5, 0.6) is 0 Å². The molecule has 0 aliphatic heterocycles. The van der Waals surface area contributed by atoms with Crippen LogP contribution >= 0.6 is 0 Å². The topological polar surface area (TPSA) is 20.2 Å². The van der Waals surface area contributed by atoms with E-state index in [0.717, 1.165) is 6.42 Å². The predicted molar refractivity (Wildman–Crippen MR) is 368 cm³/mol. The van der Waals surface area contributed by atoms with Crippen LogP contribution < -0.4 is 0 Å². The number of aliphatic hydroxyl groups is 1. The highest BCUT2D eigenvalue weighted by Gasteiger charge is 1.87. The molecule has 0 rings (SSSR count). The fourth-order valence-corrected chi connectivity index (χ4v) is 6.39. The summed E-state index contributed by atoms with van der Waals surface area (Å²) < 4.78 is 0. The molecule has 0 bridgehead atoms. The highest BCUT2D eigenvalue weighted by atomic mass is 16.2. The summed E-state index contributed by atoms with van der Waals surface area (Å²) in [7, 11) is 0. The third-order valence-electron chi connectivity index (χ3n) is 12.0. The van der Waals surface area contributed by atoms with E-state index in [1.54, 1.807) is 0 Å². The zero-order valence-corrected chi connectivity index (χ0v) is 59.5. The maximum atomic E-state index is 8.42. The fraction of sp³-hybridized carbons (Fsp3) is 1.00. The molecule has 1 heteroatoms. The van der Waals surface area contributed by atoms with Crippen molar-refractivity contribution < 1.29 is 5.11 Å². The molecule has 0 aromatic carbocycles. The first-order valence-electron chi connectivity index (χ1n) is 36.1. The first kappa shape index (κ1) is 103. The smallest absolute Gasteiger partial charge is 0.0431 e. The molecule has 0 radical (unpaired) electrons. The second-order valence-electron chi connectivity index (χ2n) is 21.3. The molecule has 474 valence electrons. The van der Waals surface area contributed by atoms with Crippen molar-refractivity contribution in [1.82, 2.24) is 0 Å². The summed E-state index contributed by atoms with van der Waals surface area (Å²) in [6.07, 6.45) is 68.4. The van der Waals surface area contributed by atoms with E-state index in [0.29, 0.717) is 6.61 Å². The highest BCUT2D eigenvalue weighted by molar-refractivity contribution is 4.42. The van der Waals surface area contributed by atoms with Gasteiger partial charge in [0, 0.05) is 6.61 Å². The quantitative estimate of drug-likeness (QED) is 0.0608. The maximum Gasteiger partial charge on any atom is 0.0431 e. The Hall–Kier alpha value is -0.0400. The summed E-state index contributed by atoms with van der Waals surface area (Å²) in [5.41, 5.74) is 0. The number of hydrogen-bond donors (Lipinski definition) is 1. The molecule has 0 aromatic rings. The lowest BCUT2D eigenvalue weighted by Gasteiger charge is -1.95. The summed E-state index contributed by atoms with van der Waals surface area (Å²) in [6, 6.07) is 0. The Morgan fingerprint density at radius 2 is 0.173 bits per heavy atom. The van der Waals surface area contributed by atoms with Gasteiger partial charge in [0.1, 0.15) is 0 Å². The van der Waals surface area contributed by atoms with Crippen molar-refractivity contribution in [2.45, 2.75) is 480 Å². The number of hydrogen-bond acceptors (Lipinski definition) is 1. The Labute approximate surface area is 489 Å². The average Bonchev–Trinajstić information content (AvgIpc) is 3.44. The van der Waals surface area contributed by atoms with Crippen LogP contribution in [-0.4, -0.2) is 11.7 Å². The van der Waals surface area contributed by atoms with Gasteiger partial charge in [-0.1, -0.05) is 474 Å². The number of rotatable bonds is 39. The fourth-order valence-electron chi connectivity index (χ4n) is 6.39. The van der Waals surface area contributed by atoms with Crippen LogP contribution in [0.15, 0.2) is 0 Å². The Morgan fingerprint density at radius 1 is 0.107 bits per heavy atom. The van der Waals surface area contributed by atoms with Crippen LogP contribution in [-0.2, 0) is 0 Å². The van der Waals surface area contributed by atoms with Crippen LogP contribution in [0.4, 0.5) is 0 Å². The van der Waals surface area contributed by atoms with Gasteiger partial charge in [0.15, 0.2) is 0 Å². The molecule has 0 aliphatic rings. The van der Waals surface area contributed by atoms with Gasteiger partial charge in [-0.3, -0.25) is 0 Å². The second kappa shape index (κ2) is 152. The molecule has 0 spiro atoms. The van der Waals surface area contributed by atoms with Gasteiger partial charge in [-0.05, 0) is 6.42 Å². The van der Waals surface area contributed by atoms with E-state index in [9.17, 15) is 0 Å². The Bertz CT molecular complexity index is 384. The molecule has 0 saturated heterocycles. The molecule has 0 aromatic heterocycles. The molecular formula is C74H172O. The van der Waals surface area contributed by atoms with Gasteiger partial charge < -0.3 is 5.11 Å². The SMILES string of the molecule is CCCCCC.CCCCCC.CCCCCC.CCCCCC.CCCCCC.CCCCCC.CCCCCC.CCCCCC.CCCCCC.CCCCCC.CCCCCC.CCCCCCCCO. The van der Waals surface area contributed by atoms with Crippen molar-refractivity contribution in [3.63, 3.8) is 0 Å². The van der Waals surface area contributed by atoms with E-state index in [2.05, 4.69) is 159 Å². The summed E-state index contributed by atoms with van der Waals surface area (Å²) in [4.78, 5) is 0. The summed E-state index contributed by atoms with van der Waals surface area (Å²) in [5, 5.41) is 8.42. The molecule has 75 heavy (non-hydrogen) atoms. The van der Waals surface area contributed by atoms with Crippen LogP contribution in [0.2, 0.25) is 0 Å². The van der Waals surface area contributed by atoms with Crippen molar-refractivity contribution in [2.24, 2.45) is 0 Å². The zero-order valence-electron chi connectivity index (χ0n) is 59.5. The lowest BCUT2D eigenvalue weighted by Crippen LogP contribution is -1.82. The van der Waals surface area contributed by atoms with E-state index in [-0.39, 0.29) is 0 Å². The lowest BCUT2D eigenvalue weighted by molar-refractivity contribution is 0.282. The van der Waals surface area contributed by atoms with Gasteiger partial charge in [-0.15, -0.1) is 0 Å². The molecule has 0 amide bonds. The predicted octanol–water partition coefficient (Wildman–Crippen LogP) is 30.8. The second-order valence-corrected chi connectivity index (χ2v) is 21.3. The normalized spacial score (nSPS) is 9.12. The van der Waals surface area contributed by atoms with Crippen molar-refractivity contribution in [3.8, 4) is 0 Å². The minimum Gasteiger partial charge on any atom is -0.396 e. The largest absolute Gasteiger partial charge is 0.396 e. The standard InChI is InChI=1S/C8H18O.11C6H14/c1-2-3-4-5-6-7-8-9;11*1-3-5-6-4-2/h9H,2-8H2,1H3;11*3-6H2,1-2H3.